The molecule has 0 radical (unpaired) electrons. The summed E-state index contributed by atoms with van der Waals surface area (Å²) in [6.45, 7) is 5.34. The second-order valence-electron chi connectivity index (χ2n) is 4.70. The molecular weight excluding hydrogens is 276 g/mol. The van der Waals surface area contributed by atoms with Crippen LogP contribution in [0.3, 0.4) is 0 Å². The van der Waals surface area contributed by atoms with Gasteiger partial charge in [0, 0.05) is 19.1 Å². The Morgan fingerprint density at radius 1 is 1.33 bits per heavy atom. The van der Waals surface area contributed by atoms with Crippen molar-refractivity contribution in [2.75, 3.05) is 32.5 Å². The predicted octanol–water partition coefficient (Wildman–Crippen LogP) is 0.847. The van der Waals surface area contributed by atoms with E-state index in [4.69, 9.17) is 4.74 Å². The summed E-state index contributed by atoms with van der Waals surface area (Å²) in [6, 6.07) is 0.452. The van der Waals surface area contributed by atoms with Crippen LogP contribution in [0.5, 0.6) is 0 Å². The van der Waals surface area contributed by atoms with Gasteiger partial charge in [-0.15, -0.1) is 12.4 Å². The third-order valence-corrected chi connectivity index (χ3v) is 4.88. The number of hydrogen-bond acceptors (Lipinski definition) is 4. The molecule has 0 atom stereocenters. The Hall–Kier alpha value is 0.120. The van der Waals surface area contributed by atoms with E-state index in [0.717, 1.165) is 12.8 Å². The Morgan fingerprint density at radius 2 is 1.89 bits per heavy atom. The van der Waals surface area contributed by atoms with Crippen LogP contribution in [-0.4, -0.2) is 57.4 Å². The van der Waals surface area contributed by atoms with E-state index in [2.05, 4.69) is 5.32 Å². The summed E-state index contributed by atoms with van der Waals surface area (Å²) < 4.78 is 30.9. The number of hydrogen-bond donors (Lipinski definition) is 1. The van der Waals surface area contributed by atoms with Crippen LogP contribution in [-0.2, 0) is 14.8 Å². The van der Waals surface area contributed by atoms with Crippen molar-refractivity contribution in [3.05, 3.63) is 0 Å². The summed E-state index contributed by atoms with van der Waals surface area (Å²) in [6.07, 6.45) is 1.86. The molecule has 1 rings (SSSR count). The zero-order valence-electron chi connectivity index (χ0n) is 11.4. The SMILES string of the molecule is CNC1CCN(S(=O)(=O)CCOC(C)C)CC1.Cl. The standard InChI is InChI=1S/C11H24N2O3S.ClH/c1-10(2)16-8-9-17(14,15)13-6-4-11(12-3)5-7-13;/h10-12H,4-9H2,1-3H3;1H. The Bertz CT molecular complexity index is 314. The molecule has 110 valence electrons. The average Bonchev–Trinajstić information content (AvgIpc) is 2.28. The van der Waals surface area contributed by atoms with Crippen LogP contribution in [0.15, 0.2) is 0 Å². The van der Waals surface area contributed by atoms with Crippen molar-refractivity contribution in [2.24, 2.45) is 0 Å². The van der Waals surface area contributed by atoms with Crippen LogP contribution < -0.4 is 5.32 Å². The van der Waals surface area contributed by atoms with Crippen molar-refractivity contribution in [3.8, 4) is 0 Å². The van der Waals surface area contributed by atoms with Crippen molar-refractivity contribution >= 4 is 22.4 Å². The maximum absolute atomic E-state index is 12.0. The van der Waals surface area contributed by atoms with Gasteiger partial charge in [0.1, 0.15) is 0 Å². The highest BCUT2D eigenvalue weighted by atomic mass is 35.5. The molecule has 0 unspecified atom stereocenters. The van der Waals surface area contributed by atoms with Gasteiger partial charge in [0.2, 0.25) is 10.0 Å². The topological polar surface area (TPSA) is 58.6 Å². The fraction of sp³-hybridized carbons (Fsp3) is 1.00. The molecule has 5 nitrogen and oxygen atoms in total. The van der Waals surface area contributed by atoms with Crippen LogP contribution in [0.2, 0.25) is 0 Å². The molecule has 1 N–H and O–H groups in total. The van der Waals surface area contributed by atoms with Crippen LogP contribution >= 0.6 is 12.4 Å². The molecular formula is C11H25ClN2O3S. The smallest absolute Gasteiger partial charge is 0.216 e. The summed E-state index contributed by atoms with van der Waals surface area (Å²) in [5, 5.41) is 3.19. The van der Waals surface area contributed by atoms with Gasteiger partial charge >= 0.3 is 0 Å². The number of halogens is 1. The molecule has 1 fully saturated rings. The van der Waals surface area contributed by atoms with Gasteiger partial charge in [-0.25, -0.2) is 12.7 Å². The Labute approximate surface area is 117 Å². The van der Waals surface area contributed by atoms with Gasteiger partial charge in [0.15, 0.2) is 0 Å². The Morgan fingerprint density at radius 3 is 2.33 bits per heavy atom. The number of piperidine rings is 1. The van der Waals surface area contributed by atoms with Crippen LogP contribution in [0, 0.1) is 0 Å². The summed E-state index contributed by atoms with van der Waals surface area (Å²) in [5.41, 5.74) is 0. The van der Waals surface area contributed by atoms with E-state index in [1.165, 1.54) is 0 Å². The average molecular weight is 301 g/mol. The van der Waals surface area contributed by atoms with Crippen molar-refractivity contribution in [3.63, 3.8) is 0 Å². The molecule has 1 aliphatic rings. The zero-order valence-corrected chi connectivity index (χ0v) is 13.0. The normalized spacial score (nSPS) is 18.9. The molecule has 1 saturated heterocycles. The van der Waals surface area contributed by atoms with Gasteiger partial charge in [0.25, 0.3) is 0 Å². The highest BCUT2D eigenvalue weighted by Crippen LogP contribution is 2.14. The lowest BCUT2D eigenvalue weighted by atomic mass is 10.1. The number of rotatable bonds is 6. The fourth-order valence-corrected chi connectivity index (χ4v) is 3.27. The van der Waals surface area contributed by atoms with Crippen molar-refractivity contribution in [2.45, 2.75) is 38.8 Å². The number of nitrogens with one attached hydrogen (secondary N) is 1. The van der Waals surface area contributed by atoms with Crippen molar-refractivity contribution in [1.29, 1.82) is 0 Å². The van der Waals surface area contributed by atoms with Crippen LogP contribution in [0.1, 0.15) is 26.7 Å². The second kappa shape index (κ2) is 8.32. The largest absolute Gasteiger partial charge is 0.378 e. The first-order chi connectivity index (χ1) is 7.95. The second-order valence-corrected chi connectivity index (χ2v) is 6.79. The van der Waals surface area contributed by atoms with Gasteiger partial charge in [-0.1, -0.05) is 0 Å². The fourth-order valence-electron chi connectivity index (χ4n) is 1.94. The first-order valence-corrected chi connectivity index (χ1v) is 7.83. The molecule has 0 saturated carbocycles. The highest BCUT2D eigenvalue weighted by molar-refractivity contribution is 7.89. The minimum Gasteiger partial charge on any atom is -0.378 e. The third-order valence-electron chi connectivity index (χ3n) is 3.05. The maximum atomic E-state index is 12.0. The lowest BCUT2D eigenvalue weighted by molar-refractivity contribution is 0.0905. The summed E-state index contributed by atoms with van der Waals surface area (Å²) in [5.74, 6) is 0.0927. The molecule has 7 heteroatoms. The van der Waals surface area contributed by atoms with Crippen molar-refractivity contribution < 1.29 is 13.2 Å². The zero-order chi connectivity index (χ0) is 12.9. The summed E-state index contributed by atoms with van der Waals surface area (Å²) in [7, 11) is -1.21. The summed E-state index contributed by atoms with van der Waals surface area (Å²) in [4.78, 5) is 0. The Kier molecular flexibility index (Phi) is 8.38. The van der Waals surface area contributed by atoms with Gasteiger partial charge in [-0.05, 0) is 33.7 Å². The number of nitrogens with zero attached hydrogens (tertiary/aromatic N) is 1. The lowest BCUT2D eigenvalue weighted by Crippen LogP contribution is -2.45. The van der Waals surface area contributed by atoms with E-state index < -0.39 is 10.0 Å². The van der Waals surface area contributed by atoms with E-state index in [1.807, 2.05) is 20.9 Å². The molecule has 18 heavy (non-hydrogen) atoms. The molecule has 0 aromatic rings. The predicted molar refractivity (Wildman–Crippen MR) is 75.8 cm³/mol. The monoisotopic (exact) mass is 300 g/mol. The van der Waals surface area contributed by atoms with E-state index in [9.17, 15) is 8.42 Å². The van der Waals surface area contributed by atoms with Gasteiger partial charge in [0.05, 0.1) is 18.5 Å². The molecule has 0 aliphatic carbocycles. The lowest BCUT2D eigenvalue weighted by Gasteiger charge is -2.31. The molecule has 0 spiro atoms. The molecule has 1 heterocycles. The molecule has 1 aliphatic heterocycles. The number of ether oxygens (including phenoxy) is 1. The molecule has 0 bridgehead atoms. The van der Waals surface area contributed by atoms with E-state index in [0.29, 0.717) is 19.1 Å². The minimum absolute atomic E-state index is 0. The van der Waals surface area contributed by atoms with Gasteiger partial charge < -0.3 is 10.1 Å². The van der Waals surface area contributed by atoms with E-state index in [1.54, 1.807) is 4.31 Å². The van der Waals surface area contributed by atoms with Crippen LogP contribution in [0.4, 0.5) is 0 Å². The molecule has 0 aromatic heterocycles. The minimum atomic E-state index is -3.13. The van der Waals surface area contributed by atoms with Gasteiger partial charge in [-0.3, -0.25) is 0 Å². The maximum Gasteiger partial charge on any atom is 0.216 e. The van der Waals surface area contributed by atoms with Crippen LogP contribution in [0.25, 0.3) is 0 Å². The van der Waals surface area contributed by atoms with E-state index in [-0.39, 0.29) is 30.9 Å². The molecule has 0 aromatic carbocycles. The quantitative estimate of drug-likeness (QED) is 0.790. The Balaban J connectivity index is 0.00000289. The van der Waals surface area contributed by atoms with Gasteiger partial charge in [-0.2, -0.15) is 0 Å². The summed E-state index contributed by atoms with van der Waals surface area (Å²) >= 11 is 0. The molecule has 0 amide bonds. The first kappa shape index (κ1) is 18.1. The number of sulfonamides is 1. The third kappa shape index (κ3) is 5.84. The van der Waals surface area contributed by atoms with E-state index >= 15 is 0 Å². The highest BCUT2D eigenvalue weighted by Gasteiger charge is 2.26. The van der Waals surface area contributed by atoms with Crippen molar-refractivity contribution in [1.82, 2.24) is 9.62 Å². The first-order valence-electron chi connectivity index (χ1n) is 6.22.